The smallest absolute Gasteiger partial charge is 0.212 e. The molecule has 0 aromatic heterocycles. The van der Waals surface area contributed by atoms with Crippen molar-refractivity contribution < 1.29 is 21.6 Å². The third kappa shape index (κ3) is 4.13. The van der Waals surface area contributed by atoms with Gasteiger partial charge in [-0.3, -0.25) is 0 Å². The van der Waals surface area contributed by atoms with Gasteiger partial charge in [0.25, 0.3) is 0 Å². The summed E-state index contributed by atoms with van der Waals surface area (Å²) in [4.78, 5) is 0. The average molecular weight is 279 g/mol. The molecule has 7 heteroatoms. The maximum absolute atomic E-state index is 12.5. The summed E-state index contributed by atoms with van der Waals surface area (Å²) in [6.07, 6.45) is -1.07. The zero-order valence-corrected chi connectivity index (χ0v) is 10.2. The molecule has 1 rings (SSSR count). The van der Waals surface area contributed by atoms with Crippen LogP contribution in [0.3, 0.4) is 0 Å². The standard InChI is InChI=1S/C9H14ClF3O2S/c10-16(14,15)8(9(11,12)13)6-7-4-2-1-3-5-7/h7-8H,1-6H2. The Hall–Kier alpha value is 0.0300. The van der Waals surface area contributed by atoms with Crippen molar-refractivity contribution in [2.24, 2.45) is 5.92 Å². The van der Waals surface area contributed by atoms with Gasteiger partial charge in [0, 0.05) is 10.7 Å². The molecule has 1 atom stereocenters. The van der Waals surface area contributed by atoms with Crippen LogP contribution >= 0.6 is 10.7 Å². The Bertz CT molecular complexity index is 320. The Morgan fingerprint density at radius 3 is 2.06 bits per heavy atom. The number of hydrogen-bond acceptors (Lipinski definition) is 2. The van der Waals surface area contributed by atoms with E-state index in [0.717, 1.165) is 19.3 Å². The Kier molecular flexibility index (Phi) is 4.51. The van der Waals surface area contributed by atoms with E-state index in [0.29, 0.717) is 12.8 Å². The van der Waals surface area contributed by atoms with Gasteiger partial charge >= 0.3 is 6.18 Å². The minimum Gasteiger partial charge on any atom is -0.212 e. The molecule has 0 aromatic carbocycles. The molecule has 0 amide bonds. The van der Waals surface area contributed by atoms with Crippen molar-refractivity contribution in [1.29, 1.82) is 0 Å². The molecule has 2 nitrogen and oxygen atoms in total. The van der Waals surface area contributed by atoms with Crippen LogP contribution in [0.2, 0.25) is 0 Å². The first-order valence-electron chi connectivity index (χ1n) is 5.21. The molecule has 0 saturated heterocycles. The van der Waals surface area contributed by atoms with E-state index in [2.05, 4.69) is 0 Å². The molecule has 1 aliphatic carbocycles. The van der Waals surface area contributed by atoms with Crippen molar-refractivity contribution in [3.05, 3.63) is 0 Å². The van der Waals surface area contributed by atoms with Crippen LogP contribution in [0.1, 0.15) is 38.5 Å². The van der Waals surface area contributed by atoms with Gasteiger partial charge in [-0.05, 0) is 12.3 Å². The predicted octanol–water partition coefficient (Wildman–Crippen LogP) is 3.46. The van der Waals surface area contributed by atoms with E-state index in [-0.39, 0.29) is 5.92 Å². The van der Waals surface area contributed by atoms with Crippen LogP contribution in [0.25, 0.3) is 0 Å². The minimum atomic E-state index is -4.77. The van der Waals surface area contributed by atoms with Crippen LogP contribution in [0.5, 0.6) is 0 Å². The molecule has 16 heavy (non-hydrogen) atoms. The summed E-state index contributed by atoms with van der Waals surface area (Å²) in [6.45, 7) is 0. The Morgan fingerprint density at radius 1 is 1.19 bits per heavy atom. The van der Waals surface area contributed by atoms with E-state index >= 15 is 0 Å². The maximum atomic E-state index is 12.5. The lowest BCUT2D eigenvalue weighted by Crippen LogP contribution is -2.36. The lowest BCUT2D eigenvalue weighted by Gasteiger charge is -2.26. The highest BCUT2D eigenvalue weighted by Gasteiger charge is 2.48. The minimum absolute atomic E-state index is 0.172. The van der Waals surface area contributed by atoms with E-state index in [4.69, 9.17) is 10.7 Å². The summed E-state index contributed by atoms with van der Waals surface area (Å²) in [6, 6.07) is 0. The third-order valence-electron chi connectivity index (χ3n) is 2.98. The fourth-order valence-corrected chi connectivity index (χ4v) is 3.48. The highest BCUT2D eigenvalue weighted by Crippen LogP contribution is 2.37. The summed E-state index contributed by atoms with van der Waals surface area (Å²) in [5.74, 6) is -0.172. The first-order chi connectivity index (χ1) is 7.21. The van der Waals surface area contributed by atoms with E-state index in [1.165, 1.54) is 0 Å². The van der Waals surface area contributed by atoms with Crippen LogP contribution < -0.4 is 0 Å². The summed E-state index contributed by atoms with van der Waals surface area (Å²) >= 11 is 0. The van der Waals surface area contributed by atoms with Gasteiger partial charge in [-0.2, -0.15) is 13.2 Å². The Morgan fingerprint density at radius 2 is 1.69 bits per heavy atom. The maximum Gasteiger partial charge on any atom is 0.406 e. The normalized spacial score (nSPS) is 22.0. The number of alkyl halides is 3. The quantitative estimate of drug-likeness (QED) is 0.741. The van der Waals surface area contributed by atoms with E-state index in [9.17, 15) is 21.6 Å². The fourth-order valence-electron chi connectivity index (χ4n) is 2.13. The van der Waals surface area contributed by atoms with Crippen molar-refractivity contribution in [1.82, 2.24) is 0 Å². The fraction of sp³-hybridized carbons (Fsp3) is 1.00. The topological polar surface area (TPSA) is 34.1 Å². The molecular weight excluding hydrogens is 265 g/mol. The average Bonchev–Trinajstić information content (AvgIpc) is 2.12. The largest absolute Gasteiger partial charge is 0.406 e. The summed E-state index contributed by atoms with van der Waals surface area (Å²) in [5.41, 5.74) is 0. The van der Waals surface area contributed by atoms with Gasteiger partial charge in [0.05, 0.1) is 0 Å². The molecule has 96 valence electrons. The van der Waals surface area contributed by atoms with Crippen molar-refractivity contribution in [3.63, 3.8) is 0 Å². The highest BCUT2D eigenvalue weighted by molar-refractivity contribution is 8.14. The Balaban J connectivity index is 2.71. The first-order valence-corrected chi connectivity index (χ1v) is 7.58. The molecule has 1 fully saturated rings. The molecule has 0 aromatic rings. The summed E-state index contributed by atoms with van der Waals surface area (Å²) < 4.78 is 59.3. The van der Waals surface area contributed by atoms with Crippen molar-refractivity contribution in [3.8, 4) is 0 Å². The van der Waals surface area contributed by atoms with Gasteiger partial charge in [0.15, 0.2) is 5.25 Å². The van der Waals surface area contributed by atoms with Crippen LogP contribution in [0.4, 0.5) is 13.2 Å². The summed E-state index contributed by atoms with van der Waals surface area (Å²) in [5, 5.41) is -2.41. The zero-order chi connectivity index (χ0) is 12.4. The van der Waals surface area contributed by atoms with Crippen LogP contribution in [-0.4, -0.2) is 19.8 Å². The van der Waals surface area contributed by atoms with E-state index in [1.54, 1.807) is 0 Å². The number of hydrogen-bond donors (Lipinski definition) is 0. The van der Waals surface area contributed by atoms with Gasteiger partial charge in [-0.25, -0.2) is 8.42 Å². The molecule has 1 unspecified atom stereocenters. The zero-order valence-electron chi connectivity index (χ0n) is 8.63. The molecule has 0 N–H and O–H groups in total. The van der Waals surface area contributed by atoms with E-state index in [1.807, 2.05) is 0 Å². The van der Waals surface area contributed by atoms with Gasteiger partial charge in [0.2, 0.25) is 9.05 Å². The Labute approximate surface area is 97.6 Å². The second kappa shape index (κ2) is 5.12. The molecule has 0 radical (unpaired) electrons. The van der Waals surface area contributed by atoms with Crippen molar-refractivity contribution >= 4 is 19.7 Å². The van der Waals surface area contributed by atoms with Crippen molar-refractivity contribution in [2.75, 3.05) is 0 Å². The van der Waals surface area contributed by atoms with Gasteiger partial charge in [-0.15, -0.1) is 0 Å². The van der Waals surface area contributed by atoms with Crippen LogP contribution in [0.15, 0.2) is 0 Å². The monoisotopic (exact) mass is 278 g/mol. The number of halogens is 4. The van der Waals surface area contributed by atoms with Gasteiger partial charge < -0.3 is 0 Å². The third-order valence-corrected chi connectivity index (χ3v) is 4.76. The van der Waals surface area contributed by atoms with Crippen LogP contribution in [0, 0.1) is 5.92 Å². The lowest BCUT2D eigenvalue weighted by molar-refractivity contribution is -0.133. The first kappa shape index (κ1) is 14.1. The van der Waals surface area contributed by atoms with E-state index < -0.39 is 26.9 Å². The predicted molar refractivity (Wildman–Crippen MR) is 55.8 cm³/mol. The van der Waals surface area contributed by atoms with Gasteiger partial charge in [0.1, 0.15) is 0 Å². The molecule has 0 aliphatic heterocycles. The molecular formula is C9H14ClF3O2S. The highest BCUT2D eigenvalue weighted by atomic mass is 35.7. The van der Waals surface area contributed by atoms with Gasteiger partial charge in [-0.1, -0.05) is 32.1 Å². The molecule has 0 heterocycles. The number of rotatable bonds is 3. The second-order valence-electron chi connectivity index (χ2n) is 4.25. The second-order valence-corrected chi connectivity index (χ2v) is 7.06. The molecule has 0 spiro atoms. The lowest BCUT2D eigenvalue weighted by atomic mass is 9.86. The SMILES string of the molecule is O=S(=O)(Cl)C(CC1CCCCC1)C(F)(F)F. The molecule has 1 saturated carbocycles. The molecule has 1 aliphatic rings. The summed E-state index contributed by atoms with van der Waals surface area (Å²) in [7, 11) is 0.281. The van der Waals surface area contributed by atoms with Crippen LogP contribution in [-0.2, 0) is 9.05 Å². The molecule has 0 bridgehead atoms. The van der Waals surface area contributed by atoms with Crippen molar-refractivity contribution in [2.45, 2.75) is 50.0 Å².